The maximum atomic E-state index is 13.0. The van der Waals surface area contributed by atoms with Crippen molar-refractivity contribution in [2.24, 2.45) is 0 Å². The summed E-state index contributed by atoms with van der Waals surface area (Å²) in [5.74, 6) is -0.773. The van der Waals surface area contributed by atoms with E-state index in [9.17, 15) is 9.59 Å². The summed E-state index contributed by atoms with van der Waals surface area (Å²) in [5.41, 5.74) is 4.37. The van der Waals surface area contributed by atoms with Gasteiger partial charge in [-0.3, -0.25) is 4.79 Å². The Morgan fingerprint density at radius 3 is 2.66 bits per heavy atom. The molecule has 1 aliphatic heterocycles. The molecule has 2 heterocycles. The second-order valence-corrected chi connectivity index (χ2v) is 7.23. The van der Waals surface area contributed by atoms with Crippen LogP contribution in [0.25, 0.3) is 11.3 Å². The summed E-state index contributed by atoms with van der Waals surface area (Å²) in [6.45, 7) is 1.78. The zero-order valence-electron chi connectivity index (χ0n) is 16.1. The quantitative estimate of drug-likeness (QED) is 0.619. The highest BCUT2D eigenvalue weighted by Crippen LogP contribution is 2.44. The Kier molecular flexibility index (Phi) is 4.80. The van der Waals surface area contributed by atoms with Gasteiger partial charge in [-0.05, 0) is 42.8 Å². The van der Waals surface area contributed by atoms with Crippen LogP contribution in [0.2, 0.25) is 5.02 Å². The topological polar surface area (TPSA) is 80.4 Å². The Labute approximate surface area is 172 Å². The number of carbonyl (C=O) groups is 2. The molecule has 148 valence electrons. The lowest BCUT2D eigenvalue weighted by atomic mass is 9.87. The number of aromatic nitrogens is 1. The predicted molar refractivity (Wildman–Crippen MR) is 111 cm³/mol. The minimum absolute atomic E-state index is 0.226. The molecule has 0 unspecified atom stereocenters. The van der Waals surface area contributed by atoms with Gasteiger partial charge in [0.2, 0.25) is 5.91 Å². The molecule has 2 N–H and O–H groups in total. The van der Waals surface area contributed by atoms with Gasteiger partial charge < -0.3 is 19.8 Å². The van der Waals surface area contributed by atoms with E-state index in [0.717, 1.165) is 11.1 Å². The number of aromatic amines is 1. The van der Waals surface area contributed by atoms with Crippen molar-refractivity contribution < 1.29 is 19.1 Å². The first-order valence-electron chi connectivity index (χ1n) is 9.00. The summed E-state index contributed by atoms with van der Waals surface area (Å²) in [4.78, 5) is 28.9. The van der Waals surface area contributed by atoms with E-state index in [1.165, 1.54) is 7.11 Å². The number of esters is 1. The van der Waals surface area contributed by atoms with Gasteiger partial charge in [0, 0.05) is 27.5 Å². The molecule has 0 saturated heterocycles. The van der Waals surface area contributed by atoms with Gasteiger partial charge in [-0.25, -0.2) is 4.79 Å². The van der Waals surface area contributed by atoms with Crippen LogP contribution in [0, 0.1) is 6.92 Å². The van der Waals surface area contributed by atoms with Crippen LogP contribution in [0.3, 0.4) is 0 Å². The SMILES string of the molecule is COC(=O)c1c(C)[nH]c(-c2cccc(OC)c2)c1[C@@H]1C(=O)Nc2ccc(Cl)cc21. The van der Waals surface area contributed by atoms with E-state index in [-0.39, 0.29) is 5.91 Å². The number of aryl methyl sites for hydroxylation is 1. The fraction of sp³-hybridized carbons (Fsp3) is 0.182. The standard InChI is InChI=1S/C22H19ClN2O4/c1-11-17(22(27)29-3)19(20(24-11)12-5-4-6-14(9-12)28-2)18-15-10-13(23)7-8-16(15)25-21(18)26/h4-10,18,24H,1-3H3,(H,25,26)/t18-/m1/s1. The first-order valence-corrected chi connectivity index (χ1v) is 9.38. The number of fused-ring (bicyclic) bond motifs is 1. The van der Waals surface area contributed by atoms with Gasteiger partial charge in [-0.15, -0.1) is 0 Å². The van der Waals surface area contributed by atoms with Gasteiger partial charge in [0.1, 0.15) is 5.75 Å². The molecule has 0 saturated carbocycles. The Balaban J connectivity index is 2.00. The van der Waals surface area contributed by atoms with Gasteiger partial charge >= 0.3 is 5.97 Å². The molecular formula is C22H19ClN2O4. The summed E-state index contributed by atoms with van der Waals surface area (Å²) in [6, 6.07) is 12.7. The predicted octanol–water partition coefficient (Wildman–Crippen LogP) is 4.52. The van der Waals surface area contributed by atoms with Crippen molar-refractivity contribution in [3.05, 3.63) is 69.9 Å². The van der Waals surface area contributed by atoms with Crippen molar-refractivity contribution in [2.45, 2.75) is 12.8 Å². The molecule has 0 aliphatic carbocycles. The fourth-order valence-corrected chi connectivity index (χ4v) is 4.00. The fourth-order valence-electron chi connectivity index (χ4n) is 3.82. The van der Waals surface area contributed by atoms with Crippen LogP contribution in [0.4, 0.5) is 5.69 Å². The molecule has 1 aromatic heterocycles. The van der Waals surface area contributed by atoms with Gasteiger partial charge in [0.25, 0.3) is 0 Å². The Bertz CT molecular complexity index is 1140. The van der Waals surface area contributed by atoms with Crippen molar-refractivity contribution in [3.63, 3.8) is 0 Å². The Hall–Kier alpha value is -3.25. The van der Waals surface area contributed by atoms with Crippen LogP contribution >= 0.6 is 11.6 Å². The molecule has 0 fully saturated rings. The zero-order valence-corrected chi connectivity index (χ0v) is 16.9. The summed E-state index contributed by atoms with van der Waals surface area (Å²) < 4.78 is 10.4. The van der Waals surface area contributed by atoms with Gasteiger partial charge in [0.15, 0.2) is 0 Å². The van der Waals surface area contributed by atoms with Crippen LogP contribution in [0.1, 0.15) is 33.1 Å². The van der Waals surface area contributed by atoms with E-state index in [1.807, 2.05) is 24.3 Å². The van der Waals surface area contributed by atoms with Crippen LogP contribution in [0.5, 0.6) is 5.75 Å². The van der Waals surface area contributed by atoms with Gasteiger partial charge in [0.05, 0.1) is 31.4 Å². The highest BCUT2D eigenvalue weighted by molar-refractivity contribution is 6.31. The third-order valence-corrected chi connectivity index (χ3v) is 5.34. The largest absolute Gasteiger partial charge is 0.497 e. The van der Waals surface area contributed by atoms with E-state index in [1.54, 1.807) is 32.2 Å². The summed E-state index contributed by atoms with van der Waals surface area (Å²) in [7, 11) is 2.91. The maximum Gasteiger partial charge on any atom is 0.340 e. The number of hydrogen-bond acceptors (Lipinski definition) is 4. The van der Waals surface area contributed by atoms with Crippen molar-refractivity contribution in [1.82, 2.24) is 4.98 Å². The second-order valence-electron chi connectivity index (χ2n) is 6.79. The smallest absolute Gasteiger partial charge is 0.340 e. The molecule has 0 radical (unpaired) electrons. The van der Waals surface area contributed by atoms with Crippen molar-refractivity contribution in [3.8, 4) is 17.0 Å². The van der Waals surface area contributed by atoms with E-state index in [4.69, 9.17) is 21.1 Å². The molecule has 29 heavy (non-hydrogen) atoms. The number of H-pyrrole nitrogens is 1. The zero-order chi connectivity index (χ0) is 20.7. The first-order chi connectivity index (χ1) is 13.9. The molecule has 0 bridgehead atoms. The van der Waals surface area contributed by atoms with E-state index < -0.39 is 11.9 Å². The molecular weight excluding hydrogens is 392 g/mol. The highest BCUT2D eigenvalue weighted by Gasteiger charge is 2.38. The number of hydrogen-bond donors (Lipinski definition) is 2. The minimum Gasteiger partial charge on any atom is -0.497 e. The van der Waals surface area contributed by atoms with Crippen LogP contribution in [-0.2, 0) is 9.53 Å². The lowest BCUT2D eigenvalue weighted by molar-refractivity contribution is -0.116. The second kappa shape index (κ2) is 7.29. The van der Waals surface area contributed by atoms with Crippen LogP contribution in [0.15, 0.2) is 42.5 Å². The number of ether oxygens (including phenoxy) is 2. The molecule has 0 spiro atoms. The molecule has 1 amide bonds. The van der Waals surface area contributed by atoms with Crippen molar-refractivity contribution in [2.75, 3.05) is 19.5 Å². The lowest BCUT2D eigenvalue weighted by Gasteiger charge is -2.14. The average Bonchev–Trinajstić information content (AvgIpc) is 3.22. The molecule has 3 aromatic rings. The number of anilines is 1. The van der Waals surface area contributed by atoms with Gasteiger partial charge in [-0.1, -0.05) is 23.7 Å². The molecule has 1 atom stereocenters. The summed E-state index contributed by atoms with van der Waals surface area (Å²) >= 11 is 6.20. The van der Waals surface area contributed by atoms with E-state index >= 15 is 0 Å². The molecule has 1 aliphatic rings. The number of rotatable bonds is 4. The Morgan fingerprint density at radius 2 is 1.93 bits per heavy atom. The van der Waals surface area contributed by atoms with E-state index in [0.29, 0.717) is 39.0 Å². The molecule has 2 aromatic carbocycles. The minimum atomic E-state index is -0.705. The van der Waals surface area contributed by atoms with E-state index in [2.05, 4.69) is 10.3 Å². The van der Waals surface area contributed by atoms with Crippen LogP contribution < -0.4 is 10.1 Å². The maximum absolute atomic E-state index is 13.0. The normalized spacial score (nSPS) is 15.0. The van der Waals surface area contributed by atoms with Crippen molar-refractivity contribution in [1.29, 1.82) is 0 Å². The lowest BCUT2D eigenvalue weighted by Crippen LogP contribution is -2.17. The monoisotopic (exact) mass is 410 g/mol. The van der Waals surface area contributed by atoms with Crippen molar-refractivity contribution >= 4 is 29.2 Å². The third kappa shape index (κ3) is 3.15. The Morgan fingerprint density at radius 1 is 1.14 bits per heavy atom. The molecule has 7 heteroatoms. The average molecular weight is 411 g/mol. The first kappa shape index (κ1) is 19.1. The number of amides is 1. The molecule has 6 nitrogen and oxygen atoms in total. The third-order valence-electron chi connectivity index (χ3n) is 5.11. The number of benzene rings is 2. The number of halogens is 1. The van der Waals surface area contributed by atoms with Gasteiger partial charge in [-0.2, -0.15) is 0 Å². The van der Waals surface area contributed by atoms with Crippen LogP contribution in [-0.4, -0.2) is 31.1 Å². The number of carbonyl (C=O) groups excluding carboxylic acids is 2. The number of methoxy groups -OCH3 is 2. The highest BCUT2D eigenvalue weighted by atomic mass is 35.5. The summed E-state index contributed by atoms with van der Waals surface area (Å²) in [6.07, 6.45) is 0. The molecule has 4 rings (SSSR count). The summed E-state index contributed by atoms with van der Waals surface area (Å²) in [5, 5.41) is 3.39. The number of nitrogens with one attached hydrogen (secondary N) is 2.